The molecule has 0 fully saturated rings. The minimum atomic E-state index is -0.394. The Morgan fingerprint density at radius 3 is 1.75 bits per heavy atom. The number of nitrogens with one attached hydrogen (secondary N) is 1. The van der Waals surface area contributed by atoms with Gasteiger partial charge in [0.2, 0.25) is 0 Å². The van der Waals surface area contributed by atoms with Gasteiger partial charge in [0.15, 0.2) is 5.84 Å². The Morgan fingerprint density at radius 1 is 0.406 bits per heavy atom. The summed E-state index contributed by atoms with van der Waals surface area (Å²) >= 11 is 0. The molecule has 14 rings (SSSR count). The van der Waals surface area contributed by atoms with Crippen molar-refractivity contribution in [1.29, 1.82) is 0 Å². The van der Waals surface area contributed by atoms with Crippen LogP contribution in [0.25, 0.3) is 92.5 Å². The molecular weight excluding hydrogens is 777 g/mol. The van der Waals surface area contributed by atoms with Crippen LogP contribution in [0.5, 0.6) is 0 Å². The Kier molecular flexibility index (Phi) is 7.48. The van der Waals surface area contributed by atoms with Gasteiger partial charge in [-0.05, 0) is 137 Å². The van der Waals surface area contributed by atoms with E-state index in [1.807, 2.05) is 0 Å². The molecule has 298 valence electrons. The molecule has 0 bridgehead atoms. The van der Waals surface area contributed by atoms with E-state index in [1.54, 1.807) is 0 Å². The summed E-state index contributed by atoms with van der Waals surface area (Å²) in [6.45, 7) is 0. The van der Waals surface area contributed by atoms with Crippen LogP contribution in [0.3, 0.4) is 0 Å². The molecule has 0 radical (unpaired) electrons. The Balaban J connectivity index is 1.04. The molecule has 1 aliphatic carbocycles. The zero-order valence-corrected chi connectivity index (χ0v) is 34.8. The molecule has 1 aliphatic heterocycles. The second kappa shape index (κ2) is 13.6. The summed E-state index contributed by atoms with van der Waals surface area (Å²) in [6.07, 6.45) is 0.469. The molecule has 12 aromatic rings. The van der Waals surface area contributed by atoms with Crippen LogP contribution >= 0.6 is 0 Å². The zero-order valence-electron chi connectivity index (χ0n) is 34.8. The number of nitrogens with zero attached hydrogens (tertiary/aromatic N) is 3. The number of benzene rings is 11. The predicted octanol–water partition coefficient (Wildman–Crippen LogP) is 14.6. The molecule has 2 aliphatic rings. The highest BCUT2D eigenvalue weighted by atomic mass is 15.2. The SMILES string of the molecule is c1ccc2c(c1)Cc1cc(C3=NC(c4ccc5ccccc5c4)=NC(c4ccc5c(ccc6ccccc65)c4)N3)c(-n3c4cc5ccccc5cc4c4cc5ccccc5cc43)cc1-2. The molecule has 11 aromatic carbocycles. The quantitative estimate of drug-likeness (QED) is 0.177. The summed E-state index contributed by atoms with van der Waals surface area (Å²) in [5.74, 6) is 1.50. The molecule has 1 unspecified atom stereocenters. The van der Waals surface area contributed by atoms with E-state index in [9.17, 15) is 0 Å². The first-order chi connectivity index (χ1) is 31.7. The van der Waals surface area contributed by atoms with Gasteiger partial charge in [-0.25, -0.2) is 9.98 Å². The maximum absolute atomic E-state index is 5.56. The van der Waals surface area contributed by atoms with Crippen LogP contribution in [0.2, 0.25) is 0 Å². The molecule has 0 saturated carbocycles. The number of hydrogen-bond acceptors (Lipinski definition) is 3. The number of aliphatic imine (C=N–C) groups is 2. The van der Waals surface area contributed by atoms with E-state index in [0.29, 0.717) is 5.84 Å². The topological polar surface area (TPSA) is 41.7 Å². The predicted molar refractivity (Wildman–Crippen MR) is 268 cm³/mol. The van der Waals surface area contributed by atoms with Gasteiger partial charge in [0.25, 0.3) is 0 Å². The van der Waals surface area contributed by atoms with Gasteiger partial charge in [0, 0.05) is 21.9 Å². The fraction of sp³-hybridized carbons (Fsp3) is 0.0333. The van der Waals surface area contributed by atoms with E-state index in [0.717, 1.165) is 51.1 Å². The molecule has 1 atom stereocenters. The van der Waals surface area contributed by atoms with Crippen LogP contribution in [-0.2, 0) is 6.42 Å². The van der Waals surface area contributed by atoms with E-state index in [4.69, 9.17) is 9.98 Å². The van der Waals surface area contributed by atoms with Gasteiger partial charge < -0.3 is 9.88 Å². The maximum atomic E-state index is 5.56. The average Bonchev–Trinajstić information content (AvgIpc) is 3.87. The summed E-state index contributed by atoms with van der Waals surface area (Å²) in [4.78, 5) is 11.0. The fourth-order valence-corrected chi connectivity index (χ4v) is 10.6. The van der Waals surface area contributed by atoms with Crippen molar-refractivity contribution in [3.8, 4) is 16.8 Å². The van der Waals surface area contributed by atoms with Gasteiger partial charge in [-0.2, -0.15) is 0 Å². The number of fused-ring (bicyclic) bond motifs is 12. The molecule has 2 heterocycles. The Hall–Kier alpha value is -8.34. The summed E-state index contributed by atoms with van der Waals surface area (Å²) < 4.78 is 2.50. The molecular formula is C60H38N4. The third kappa shape index (κ3) is 5.42. The van der Waals surface area contributed by atoms with Crippen LogP contribution in [-0.4, -0.2) is 16.2 Å². The lowest BCUT2D eigenvalue weighted by Gasteiger charge is -2.26. The number of amidine groups is 2. The van der Waals surface area contributed by atoms with Gasteiger partial charge in [0.05, 0.1) is 16.7 Å². The van der Waals surface area contributed by atoms with Crippen LogP contribution in [0, 0.1) is 0 Å². The zero-order chi connectivity index (χ0) is 41.9. The van der Waals surface area contributed by atoms with Crippen molar-refractivity contribution in [3.05, 3.63) is 234 Å². The van der Waals surface area contributed by atoms with E-state index in [1.165, 1.54) is 81.5 Å². The first-order valence-electron chi connectivity index (χ1n) is 22.1. The van der Waals surface area contributed by atoms with E-state index in [2.05, 4.69) is 216 Å². The second-order valence-electron chi connectivity index (χ2n) is 17.4. The van der Waals surface area contributed by atoms with Crippen LogP contribution in [0.15, 0.2) is 216 Å². The molecule has 0 saturated heterocycles. The third-order valence-corrected chi connectivity index (χ3v) is 13.7. The largest absolute Gasteiger partial charge is 0.344 e. The van der Waals surface area contributed by atoms with E-state index in [-0.39, 0.29) is 0 Å². The lowest BCUT2D eigenvalue weighted by Crippen LogP contribution is -2.34. The van der Waals surface area contributed by atoms with Crippen molar-refractivity contribution in [2.24, 2.45) is 9.98 Å². The average molecular weight is 815 g/mol. The van der Waals surface area contributed by atoms with Gasteiger partial charge >= 0.3 is 0 Å². The number of rotatable bonds is 4. The van der Waals surface area contributed by atoms with Crippen molar-refractivity contribution in [1.82, 2.24) is 9.88 Å². The van der Waals surface area contributed by atoms with Gasteiger partial charge in [-0.1, -0.05) is 158 Å². The summed E-state index contributed by atoms with van der Waals surface area (Å²) in [6, 6.07) is 75.6. The number of hydrogen-bond donors (Lipinski definition) is 1. The first kappa shape index (κ1) is 35.3. The summed E-state index contributed by atoms with van der Waals surface area (Å²) in [5.41, 5.74) is 11.7. The maximum Gasteiger partial charge on any atom is 0.159 e. The van der Waals surface area contributed by atoms with Crippen molar-refractivity contribution < 1.29 is 0 Å². The smallest absolute Gasteiger partial charge is 0.159 e. The van der Waals surface area contributed by atoms with Crippen molar-refractivity contribution >= 4 is 87.3 Å². The highest BCUT2D eigenvalue weighted by Gasteiger charge is 2.29. The molecule has 0 amide bonds. The summed E-state index contributed by atoms with van der Waals surface area (Å²) in [5, 5.41) is 18.5. The molecule has 4 heteroatoms. The van der Waals surface area contributed by atoms with E-state index < -0.39 is 6.17 Å². The third-order valence-electron chi connectivity index (χ3n) is 13.7. The normalized spacial score (nSPS) is 14.7. The van der Waals surface area contributed by atoms with Gasteiger partial charge in [0.1, 0.15) is 12.0 Å². The Labute approximate surface area is 369 Å². The Bertz CT molecular complexity index is 3940. The first-order valence-corrected chi connectivity index (χ1v) is 22.1. The molecule has 4 nitrogen and oxygen atoms in total. The number of aromatic nitrogens is 1. The monoisotopic (exact) mass is 814 g/mol. The minimum absolute atomic E-state index is 0.394. The van der Waals surface area contributed by atoms with Crippen LogP contribution in [0.1, 0.15) is 34.0 Å². The van der Waals surface area contributed by atoms with Crippen LogP contribution < -0.4 is 5.32 Å². The van der Waals surface area contributed by atoms with E-state index >= 15 is 0 Å². The van der Waals surface area contributed by atoms with Gasteiger partial charge in [-0.15, -0.1) is 0 Å². The molecule has 64 heavy (non-hydrogen) atoms. The Morgan fingerprint density at radius 2 is 1.00 bits per heavy atom. The summed E-state index contributed by atoms with van der Waals surface area (Å²) in [7, 11) is 0. The second-order valence-corrected chi connectivity index (χ2v) is 17.4. The standard InChI is InChI=1S/C60H38N4/c1-2-13-38-27-45(24-21-36(38)11-1)58-61-59(46-25-26-50-44(28-46)23-22-37-12-7-9-19-48(37)50)63-60(62-58)54-32-47-29-43-18-8-10-20-49(43)51(47)35-57(54)64-55-33-41-16-5-3-14-39(41)30-52(55)53-31-40-15-4-6-17-42(40)34-56(53)64/h1-28,30-35,59H,29H2,(H,61,62,63). The lowest BCUT2D eigenvalue weighted by atomic mass is 9.98. The van der Waals surface area contributed by atoms with Crippen LogP contribution in [0.4, 0.5) is 0 Å². The van der Waals surface area contributed by atoms with Crippen molar-refractivity contribution in [2.45, 2.75) is 12.6 Å². The highest BCUT2D eigenvalue weighted by molar-refractivity contribution is 6.19. The molecule has 0 spiro atoms. The van der Waals surface area contributed by atoms with Crippen molar-refractivity contribution in [2.75, 3.05) is 0 Å². The minimum Gasteiger partial charge on any atom is -0.344 e. The fourth-order valence-electron chi connectivity index (χ4n) is 10.6. The van der Waals surface area contributed by atoms with Gasteiger partial charge in [-0.3, -0.25) is 0 Å². The van der Waals surface area contributed by atoms with Crippen molar-refractivity contribution in [3.63, 3.8) is 0 Å². The lowest BCUT2D eigenvalue weighted by molar-refractivity contribution is 0.675. The molecule has 1 aromatic heterocycles. The highest BCUT2D eigenvalue weighted by Crippen LogP contribution is 2.43. The molecule has 1 N–H and O–H groups in total.